The van der Waals surface area contributed by atoms with E-state index < -0.39 is 76.5 Å². The third-order valence-corrected chi connectivity index (χ3v) is 6.69. The number of nitrogens with zero attached hydrogens (tertiary/aromatic N) is 2. The van der Waals surface area contributed by atoms with Crippen LogP contribution in [-0.2, 0) is 35.2 Å². The van der Waals surface area contributed by atoms with Crippen LogP contribution in [-0.4, -0.2) is 54.1 Å². The van der Waals surface area contributed by atoms with Crippen LogP contribution in [0.5, 0.6) is 0 Å². The number of hydrogen-bond acceptors (Lipinski definition) is 9. The van der Waals surface area contributed by atoms with Crippen molar-refractivity contribution >= 4 is 16.1 Å². The quantitative estimate of drug-likeness (QED) is 0.327. The molecule has 1 aromatic carbocycles. The van der Waals surface area contributed by atoms with Gasteiger partial charge in [0.25, 0.3) is 11.5 Å². The third kappa shape index (κ3) is 5.89. The molecule has 34 heavy (non-hydrogen) atoms. The van der Waals surface area contributed by atoms with E-state index in [-0.39, 0.29) is 4.57 Å². The molecule has 186 valence electrons. The summed E-state index contributed by atoms with van der Waals surface area (Å²) in [6.07, 6.45) is -6.02. The molecule has 2 heterocycles. The number of hydrogen-bond donors (Lipinski definition) is 4. The molecule has 1 aliphatic heterocycles. The second kappa shape index (κ2) is 10.2. The van der Waals surface area contributed by atoms with Crippen LogP contribution in [0.1, 0.15) is 11.8 Å². The van der Waals surface area contributed by atoms with Gasteiger partial charge in [0.15, 0.2) is 6.23 Å². The van der Waals surface area contributed by atoms with Crippen LogP contribution in [0.3, 0.4) is 0 Å². The summed E-state index contributed by atoms with van der Waals surface area (Å²) >= 11 is 0. The summed E-state index contributed by atoms with van der Waals surface area (Å²) in [7, 11) is -8.52. The molecule has 0 saturated carbocycles. The number of halogens is 2. The lowest BCUT2D eigenvalue weighted by Crippen LogP contribution is -2.45. The molecule has 1 fully saturated rings. The van der Waals surface area contributed by atoms with Gasteiger partial charge in [-0.3, -0.25) is 23.3 Å². The highest BCUT2D eigenvalue weighted by atomic mass is 31.2. The van der Waals surface area contributed by atoms with Crippen molar-refractivity contribution in [1.29, 1.82) is 0 Å². The maximum atomic E-state index is 14.7. The number of phosphoric ester groups is 1. The van der Waals surface area contributed by atoms with E-state index in [1.165, 1.54) is 18.2 Å². The molecular formula is C17H19F2N2O11P2+. The average molecular weight is 527 g/mol. The number of aromatic nitrogens is 2. The Hall–Kier alpha value is -2.19. The molecule has 3 unspecified atom stereocenters. The molecule has 13 nitrogen and oxygen atoms in total. The second-order valence-corrected chi connectivity index (χ2v) is 9.45. The second-order valence-electron chi connectivity index (χ2n) is 7.13. The van der Waals surface area contributed by atoms with Gasteiger partial charge in [-0.1, -0.05) is 30.3 Å². The molecule has 3 rings (SSSR count). The minimum Gasteiger partial charge on any atom is -0.387 e. The van der Waals surface area contributed by atoms with E-state index >= 15 is 0 Å². The SMILES string of the molecule is O=c1ccn([C@@H]2O[C@H](COP(=O)(O)O[P+](=O)O)C(O)[C@@H]2O)c(=O)n1CC(F)(F)c1ccccc1. The highest BCUT2D eigenvalue weighted by Crippen LogP contribution is 2.51. The van der Waals surface area contributed by atoms with Gasteiger partial charge in [-0.25, -0.2) is 9.36 Å². The average Bonchev–Trinajstić information content (AvgIpc) is 3.03. The molecule has 0 bridgehead atoms. The topological polar surface area (TPSA) is 187 Å². The lowest BCUT2D eigenvalue weighted by atomic mass is 10.1. The first-order chi connectivity index (χ1) is 15.8. The Bertz CT molecular complexity index is 1210. The highest BCUT2D eigenvalue weighted by molar-refractivity contribution is 7.55. The first-order valence-electron chi connectivity index (χ1n) is 9.42. The first-order valence-corrected chi connectivity index (χ1v) is 12.0. The van der Waals surface area contributed by atoms with Gasteiger partial charge >= 0.3 is 21.8 Å². The van der Waals surface area contributed by atoms with Gasteiger partial charge in [-0.15, -0.1) is 4.89 Å². The fourth-order valence-electron chi connectivity index (χ4n) is 3.22. The Morgan fingerprint density at radius 3 is 2.41 bits per heavy atom. The van der Waals surface area contributed by atoms with Crippen molar-refractivity contribution in [1.82, 2.24) is 9.13 Å². The summed E-state index contributed by atoms with van der Waals surface area (Å²) in [6.45, 7) is -2.25. The summed E-state index contributed by atoms with van der Waals surface area (Å²) in [6, 6.07) is 7.24. The van der Waals surface area contributed by atoms with E-state index in [9.17, 15) is 42.6 Å². The van der Waals surface area contributed by atoms with Crippen molar-refractivity contribution in [2.45, 2.75) is 37.0 Å². The Balaban J connectivity index is 1.83. The molecule has 0 radical (unpaired) electrons. The van der Waals surface area contributed by atoms with Crippen LogP contribution < -0.4 is 11.2 Å². The zero-order chi connectivity index (χ0) is 25.3. The van der Waals surface area contributed by atoms with Crippen molar-refractivity contribution < 1.29 is 51.5 Å². The Kier molecular flexibility index (Phi) is 7.92. The van der Waals surface area contributed by atoms with Crippen molar-refractivity contribution in [3.05, 3.63) is 69.0 Å². The smallest absolute Gasteiger partial charge is 0.387 e. The Morgan fingerprint density at radius 2 is 1.79 bits per heavy atom. The largest absolute Gasteiger partial charge is 0.705 e. The van der Waals surface area contributed by atoms with Crippen molar-refractivity contribution in [2.24, 2.45) is 0 Å². The monoisotopic (exact) mass is 527 g/mol. The fourth-order valence-corrected chi connectivity index (χ4v) is 4.45. The number of rotatable bonds is 9. The van der Waals surface area contributed by atoms with E-state index in [1.807, 2.05) is 0 Å². The van der Waals surface area contributed by atoms with Crippen LogP contribution in [0.4, 0.5) is 8.78 Å². The lowest BCUT2D eigenvalue weighted by Gasteiger charge is -2.21. The third-order valence-electron chi connectivity index (χ3n) is 4.83. The first kappa shape index (κ1) is 26.4. The van der Waals surface area contributed by atoms with Gasteiger partial charge in [0, 0.05) is 22.4 Å². The zero-order valence-electron chi connectivity index (χ0n) is 17.0. The number of phosphoric acid groups is 1. The van der Waals surface area contributed by atoms with Crippen LogP contribution in [0.25, 0.3) is 0 Å². The molecule has 2 aromatic rings. The molecule has 0 spiro atoms. The zero-order valence-corrected chi connectivity index (χ0v) is 18.7. The van der Waals surface area contributed by atoms with Gasteiger partial charge < -0.3 is 14.9 Å². The molecule has 17 heteroatoms. The Labute approximate surface area is 189 Å². The van der Waals surface area contributed by atoms with Crippen molar-refractivity contribution in [3.8, 4) is 0 Å². The van der Waals surface area contributed by atoms with E-state index in [2.05, 4.69) is 8.83 Å². The van der Waals surface area contributed by atoms with Gasteiger partial charge in [0.2, 0.25) is 0 Å². The molecule has 6 atom stereocenters. The lowest BCUT2D eigenvalue weighted by molar-refractivity contribution is -0.0567. The standard InChI is InChI=1S/C17H18F2N2O11P2/c18-17(19,10-4-2-1-3-5-10)9-21-12(22)6-7-20(16(21)25)15-14(24)13(23)11(31-15)8-30-34(28,29)32-33(26)27/h1-7,11,13-15,23-24H,8-9H2,(H-,26,27,28,29)/p+1/t11-,13?,14+,15-/m1/s1. The summed E-state index contributed by atoms with van der Waals surface area (Å²) < 4.78 is 65.7. The number of aliphatic hydroxyl groups excluding tert-OH is 2. The maximum absolute atomic E-state index is 14.7. The van der Waals surface area contributed by atoms with Crippen LogP contribution in [0.15, 0.2) is 52.2 Å². The predicted molar refractivity (Wildman–Crippen MR) is 108 cm³/mol. The van der Waals surface area contributed by atoms with E-state index in [1.54, 1.807) is 0 Å². The van der Waals surface area contributed by atoms with Gasteiger partial charge in [0.1, 0.15) is 18.3 Å². The predicted octanol–water partition coefficient (Wildman–Crippen LogP) is 0.204. The number of benzene rings is 1. The molecule has 1 aromatic heterocycles. The Morgan fingerprint density at radius 1 is 1.15 bits per heavy atom. The number of alkyl halides is 2. The normalized spacial score (nSPS) is 25.2. The number of ether oxygens (including phenoxy) is 1. The van der Waals surface area contributed by atoms with E-state index in [0.717, 1.165) is 24.4 Å². The summed E-state index contributed by atoms with van der Waals surface area (Å²) in [5.74, 6) is -3.61. The fraction of sp³-hybridized carbons (Fsp3) is 0.412. The summed E-state index contributed by atoms with van der Waals surface area (Å²) in [5.41, 5.74) is -2.78. The molecule has 0 amide bonds. The van der Waals surface area contributed by atoms with Crippen LogP contribution >= 0.6 is 16.1 Å². The summed E-state index contributed by atoms with van der Waals surface area (Å²) in [5, 5.41) is 20.4. The van der Waals surface area contributed by atoms with E-state index in [4.69, 9.17) is 9.63 Å². The summed E-state index contributed by atoms with van der Waals surface area (Å²) in [4.78, 5) is 42.8. The minimum atomic E-state index is -5.02. The van der Waals surface area contributed by atoms with Gasteiger partial charge in [-0.2, -0.15) is 8.78 Å². The minimum absolute atomic E-state index is 0.229. The van der Waals surface area contributed by atoms with Gasteiger partial charge in [0.05, 0.1) is 13.2 Å². The van der Waals surface area contributed by atoms with Crippen LogP contribution in [0, 0.1) is 0 Å². The van der Waals surface area contributed by atoms with Crippen molar-refractivity contribution in [3.63, 3.8) is 0 Å². The maximum Gasteiger partial charge on any atom is 0.705 e. The van der Waals surface area contributed by atoms with Gasteiger partial charge in [-0.05, 0) is 4.31 Å². The molecular weight excluding hydrogens is 508 g/mol. The molecule has 0 aliphatic carbocycles. The molecule has 1 saturated heterocycles. The van der Waals surface area contributed by atoms with E-state index in [0.29, 0.717) is 4.57 Å². The highest BCUT2D eigenvalue weighted by Gasteiger charge is 2.46. The number of aliphatic hydroxyl groups is 2. The molecule has 1 aliphatic rings. The van der Waals surface area contributed by atoms with Crippen LogP contribution in [0.2, 0.25) is 0 Å². The molecule has 4 N–H and O–H groups in total. The van der Waals surface area contributed by atoms with Crippen molar-refractivity contribution in [2.75, 3.05) is 6.61 Å².